The van der Waals surface area contributed by atoms with Crippen molar-refractivity contribution in [3.05, 3.63) is 106 Å². The van der Waals surface area contributed by atoms with Crippen LogP contribution in [0.25, 0.3) is 0 Å². The number of aryl methyl sites for hydroxylation is 2. The maximum absolute atomic E-state index is 13.2. The lowest BCUT2D eigenvalue weighted by molar-refractivity contribution is -0.110. The molecule has 6 nitrogen and oxygen atoms in total. The van der Waals surface area contributed by atoms with Crippen LogP contribution in [0.5, 0.6) is 0 Å². The Balaban J connectivity index is 1.66. The molecule has 1 saturated carbocycles. The topological polar surface area (TPSA) is 103 Å². The molecule has 1 atom stereocenters. The molecule has 4 N–H and O–H groups in total. The monoisotopic (exact) mass is 545 g/mol. The molecular formula is C31H30F3N5O. The minimum absolute atomic E-state index is 0.138. The first-order valence-electron chi connectivity index (χ1n) is 12.9. The number of hydrogen-bond acceptors (Lipinski definition) is 5. The first kappa shape index (κ1) is 28.6. The summed E-state index contributed by atoms with van der Waals surface area (Å²) in [5, 5.41) is 15.5. The number of carbonyl (C=O) groups is 1. The highest BCUT2D eigenvalue weighted by atomic mass is 19.4. The first-order valence-corrected chi connectivity index (χ1v) is 12.9. The van der Waals surface area contributed by atoms with Gasteiger partial charge >= 0.3 is 6.18 Å². The second-order valence-electron chi connectivity index (χ2n) is 9.98. The third-order valence-electron chi connectivity index (χ3n) is 6.60. The van der Waals surface area contributed by atoms with Crippen molar-refractivity contribution in [3.63, 3.8) is 0 Å². The summed E-state index contributed by atoms with van der Waals surface area (Å²) in [4.78, 5) is 17.3. The number of nitrogens with one attached hydrogen (secondary N) is 2. The van der Waals surface area contributed by atoms with Crippen molar-refractivity contribution in [2.75, 3.05) is 11.9 Å². The molecule has 40 heavy (non-hydrogen) atoms. The molecule has 9 heteroatoms. The second-order valence-corrected chi connectivity index (χ2v) is 9.98. The maximum Gasteiger partial charge on any atom is 0.430 e. The molecular weight excluding hydrogens is 515 g/mol. The van der Waals surface area contributed by atoms with Crippen LogP contribution in [0.2, 0.25) is 0 Å². The molecule has 0 radical (unpaired) electrons. The molecule has 1 fully saturated rings. The van der Waals surface area contributed by atoms with Crippen molar-refractivity contribution in [2.45, 2.75) is 38.9 Å². The Morgan fingerprint density at radius 1 is 1.12 bits per heavy atom. The van der Waals surface area contributed by atoms with Crippen LogP contribution in [-0.4, -0.2) is 24.3 Å². The minimum atomic E-state index is -4.85. The van der Waals surface area contributed by atoms with E-state index in [-0.39, 0.29) is 17.3 Å². The van der Waals surface area contributed by atoms with E-state index in [1.807, 2.05) is 19.1 Å². The fraction of sp³-hybridized carbons (Fsp3) is 0.258. The van der Waals surface area contributed by atoms with Gasteiger partial charge < -0.3 is 16.4 Å². The number of alkyl halides is 3. The average Bonchev–Trinajstić information content (AvgIpc) is 3.74. The van der Waals surface area contributed by atoms with Gasteiger partial charge in [0.25, 0.3) is 5.91 Å². The van der Waals surface area contributed by atoms with Crippen molar-refractivity contribution >= 4 is 23.0 Å². The van der Waals surface area contributed by atoms with Crippen molar-refractivity contribution in [1.29, 1.82) is 5.26 Å². The smallest absolute Gasteiger partial charge is 0.395 e. The molecule has 0 spiro atoms. The largest absolute Gasteiger partial charge is 0.430 e. The van der Waals surface area contributed by atoms with E-state index in [4.69, 9.17) is 11.0 Å². The van der Waals surface area contributed by atoms with E-state index in [9.17, 15) is 18.0 Å². The molecule has 0 heterocycles. The number of rotatable bonds is 9. The van der Waals surface area contributed by atoms with Gasteiger partial charge in [-0.1, -0.05) is 42.0 Å². The summed E-state index contributed by atoms with van der Waals surface area (Å²) in [5.41, 5.74) is 8.28. The molecule has 1 aliphatic rings. The molecule has 1 unspecified atom stereocenters. The van der Waals surface area contributed by atoms with Crippen LogP contribution < -0.4 is 16.4 Å². The van der Waals surface area contributed by atoms with Gasteiger partial charge in [0.1, 0.15) is 11.4 Å². The highest BCUT2D eigenvalue weighted by Crippen LogP contribution is 2.32. The van der Waals surface area contributed by atoms with Crippen LogP contribution in [0, 0.1) is 31.1 Å². The zero-order valence-corrected chi connectivity index (χ0v) is 22.2. The lowest BCUT2D eigenvalue weighted by Crippen LogP contribution is -2.27. The normalized spacial score (nSPS) is 14.9. The number of nitriles is 1. The van der Waals surface area contributed by atoms with Crippen LogP contribution in [0.4, 0.5) is 24.5 Å². The van der Waals surface area contributed by atoms with Crippen LogP contribution in [0.1, 0.15) is 46.7 Å². The maximum atomic E-state index is 13.2. The van der Waals surface area contributed by atoms with Gasteiger partial charge in [-0.15, -0.1) is 0 Å². The SMILES string of the molecule is Cc1ccc(C(NCC2CC2)c2cccc(NC(=O)C(C=C(N)C(F)(F)F)=Nc3cccc(C#N)c3)c2)c(C)c1. The zero-order valence-electron chi connectivity index (χ0n) is 22.2. The number of hydrogen-bond donors (Lipinski definition) is 3. The van der Waals surface area contributed by atoms with Crippen molar-refractivity contribution in [3.8, 4) is 6.07 Å². The highest BCUT2D eigenvalue weighted by molar-refractivity contribution is 6.47. The van der Waals surface area contributed by atoms with Crippen LogP contribution in [0.3, 0.4) is 0 Å². The molecule has 0 aliphatic heterocycles. The third-order valence-corrected chi connectivity index (χ3v) is 6.60. The first-order chi connectivity index (χ1) is 19.0. The Hall–Kier alpha value is -4.42. The van der Waals surface area contributed by atoms with Crippen LogP contribution in [-0.2, 0) is 4.79 Å². The molecule has 4 rings (SSSR count). The number of nitrogens with two attached hydrogens (primary N) is 1. The van der Waals surface area contributed by atoms with Crippen LogP contribution in [0.15, 0.2) is 83.5 Å². The summed E-state index contributed by atoms with van der Waals surface area (Å²) >= 11 is 0. The van der Waals surface area contributed by atoms with E-state index in [1.165, 1.54) is 37.1 Å². The number of allylic oxidation sites excluding steroid dienone is 1. The Morgan fingerprint density at radius 2 is 1.88 bits per heavy atom. The minimum Gasteiger partial charge on any atom is -0.395 e. The zero-order chi connectivity index (χ0) is 28.9. The van der Waals surface area contributed by atoms with Gasteiger partial charge in [0, 0.05) is 5.69 Å². The number of carbonyl (C=O) groups excluding carboxylic acids is 1. The third kappa shape index (κ3) is 7.58. The summed E-state index contributed by atoms with van der Waals surface area (Å²) in [6.45, 7) is 4.95. The highest BCUT2D eigenvalue weighted by Gasteiger charge is 2.32. The standard InChI is InChI=1S/C31H30F3N5O/c1-19-9-12-26(20(2)13-19)29(37-18-21-10-11-21)23-6-4-8-25(15-23)39-30(40)27(16-28(36)31(32,33)34)38-24-7-3-5-22(14-24)17-35/h3-9,12-16,21,29,37H,10-11,18,36H2,1-2H3,(H,39,40). The van der Waals surface area contributed by atoms with Gasteiger partial charge in [-0.3, -0.25) is 4.79 Å². The summed E-state index contributed by atoms with van der Waals surface area (Å²) in [6, 6.07) is 21.1. The predicted molar refractivity (Wildman–Crippen MR) is 150 cm³/mol. The second kappa shape index (κ2) is 12.2. The van der Waals surface area contributed by atoms with Crippen molar-refractivity contribution < 1.29 is 18.0 Å². The lowest BCUT2D eigenvalue weighted by atomic mass is 9.93. The Labute approximate surface area is 231 Å². The van der Waals surface area contributed by atoms with E-state index >= 15 is 0 Å². The summed E-state index contributed by atoms with van der Waals surface area (Å²) in [7, 11) is 0. The van der Waals surface area contributed by atoms with Crippen molar-refractivity contribution in [2.24, 2.45) is 16.6 Å². The number of benzene rings is 3. The average molecular weight is 546 g/mol. The van der Waals surface area contributed by atoms with Gasteiger partial charge in [0.15, 0.2) is 0 Å². The Kier molecular flexibility index (Phi) is 8.70. The number of halogens is 3. The van der Waals surface area contributed by atoms with Gasteiger partial charge in [-0.25, -0.2) is 4.99 Å². The fourth-order valence-electron chi connectivity index (χ4n) is 4.32. The molecule has 206 valence electrons. The van der Waals surface area contributed by atoms with Gasteiger partial charge in [0.2, 0.25) is 0 Å². The quantitative estimate of drug-likeness (QED) is 0.272. The summed E-state index contributed by atoms with van der Waals surface area (Å²) < 4.78 is 39.7. The molecule has 0 saturated heterocycles. The summed E-state index contributed by atoms with van der Waals surface area (Å²) in [6.07, 6.45) is -1.97. The molecule has 1 amide bonds. The summed E-state index contributed by atoms with van der Waals surface area (Å²) in [5.74, 6) is -0.235. The van der Waals surface area contributed by atoms with E-state index in [1.54, 1.807) is 18.2 Å². The van der Waals surface area contributed by atoms with Gasteiger partial charge in [0.05, 0.1) is 23.4 Å². The fourth-order valence-corrected chi connectivity index (χ4v) is 4.32. The van der Waals surface area contributed by atoms with Gasteiger partial charge in [-0.05, 0) is 92.2 Å². The van der Waals surface area contributed by atoms with E-state index in [0.29, 0.717) is 17.7 Å². The molecule has 1 aliphatic carbocycles. The number of amides is 1. The molecule has 0 bridgehead atoms. The van der Waals surface area contributed by atoms with Crippen molar-refractivity contribution in [1.82, 2.24) is 5.32 Å². The predicted octanol–water partition coefficient (Wildman–Crippen LogP) is 6.38. The number of nitrogens with zero attached hydrogens (tertiary/aromatic N) is 2. The Bertz CT molecular complexity index is 1500. The van der Waals surface area contributed by atoms with E-state index in [0.717, 1.165) is 28.8 Å². The van der Waals surface area contributed by atoms with Gasteiger partial charge in [-0.2, -0.15) is 18.4 Å². The molecule has 3 aromatic rings. The lowest BCUT2D eigenvalue weighted by Gasteiger charge is -2.23. The number of anilines is 1. The molecule has 0 aromatic heterocycles. The molecule has 3 aromatic carbocycles. The van der Waals surface area contributed by atoms with E-state index in [2.05, 4.69) is 40.7 Å². The van der Waals surface area contributed by atoms with E-state index < -0.39 is 23.5 Å². The van der Waals surface area contributed by atoms with Crippen LogP contribution >= 0.6 is 0 Å². The number of aliphatic imine (C=N–C) groups is 1. The Morgan fingerprint density at radius 3 is 2.55 bits per heavy atom.